The summed E-state index contributed by atoms with van der Waals surface area (Å²) in [6.07, 6.45) is 3.86. The van der Waals surface area contributed by atoms with Crippen molar-refractivity contribution in [2.75, 3.05) is 23.7 Å². The first-order valence-corrected chi connectivity index (χ1v) is 8.66. The smallest absolute Gasteiger partial charge is 0.186 e. The average Bonchev–Trinajstić information content (AvgIpc) is 2.65. The van der Waals surface area contributed by atoms with Crippen LogP contribution in [-0.2, 0) is 0 Å². The predicted octanol–water partition coefficient (Wildman–Crippen LogP) is 4.53. The highest BCUT2D eigenvalue weighted by molar-refractivity contribution is 7.22. The van der Waals surface area contributed by atoms with Gasteiger partial charge in [0, 0.05) is 18.8 Å². The molecule has 1 aliphatic rings. The number of aromatic nitrogens is 1. The monoisotopic (exact) mass is 303 g/mol. The molecular formula is C17H25N3S. The molecule has 2 heterocycles. The number of benzene rings is 1. The van der Waals surface area contributed by atoms with E-state index in [2.05, 4.69) is 25.7 Å². The van der Waals surface area contributed by atoms with Crippen molar-refractivity contribution in [3.63, 3.8) is 0 Å². The SMILES string of the molecule is CC(C)(C)C1CCCN(c2nc3ccc(N)cc3s2)CC1. The normalized spacial score (nSPS) is 20.7. The van der Waals surface area contributed by atoms with E-state index in [4.69, 9.17) is 10.7 Å². The second kappa shape index (κ2) is 5.48. The third-order valence-electron chi connectivity index (χ3n) is 4.62. The van der Waals surface area contributed by atoms with Gasteiger partial charge in [0.05, 0.1) is 10.2 Å². The number of nitrogens with zero attached hydrogens (tertiary/aromatic N) is 2. The Morgan fingerprint density at radius 3 is 2.81 bits per heavy atom. The summed E-state index contributed by atoms with van der Waals surface area (Å²) in [5.41, 5.74) is 8.17. The van der Waals surface area contributed by atoms with Gasteiger partial charge in [0.15, 0.2) is 5.13 Å². The predicted molar refractivity (Wildman–Crippen MR) is 93.0 cm³/mol. The van der Waals surface area contributed by atoms with Crippen molar-refractivity contribution < 1.29 is 0 Å². The van der Waals surface area contributed by atoms with Crippen LogP contribution in [0.2, 0.25) is 0 Å². The summed E-state index contributed by atoms with van der Waals surface area (Å²) in [7, 11) is 0. The van der Waals surface area contributed by atoms with Gasteiger partial charge in [-0.2, -0.15) is 0 Å². The maximum atomic E-state index is 5.87. The number of hydrogen-bond acceptors (Lipinski definition) is 4. The van der Waals surface area contributed by atoms with Gasteiger partial charge in [0.1, 0.15) is 0 Å². The summed E-state index contributed by atoms with van der Waals surface area (Å²) in [6, 6.07) is 6.00. The Morgan fingerprint density at radius 2 is 2.05 bits per heavy atom. The fraction of sp³-hybridized carbons (Fsp3) is 0.588. The van der Waals surface area contributed by atoms with Crippen LogP contribution in [0.25, 0.3) is 10.2 Å². The molecule has 0 saturated carbocycles. The average molecular weight is 303 g/mol. The molecule has 0 aliphatic carbocycles. The maximum absolute atomic E-state index is 5.87. The molecule has 1 atom stereocenters. The van der Waals surface area contributed by atoms with E-state index in [1.54, 1.807) is 11.3 Å². The molecule has 1 saturated heterocycles. The molecule has 0 radical (unpaired) electrons. The van der Waals surface area contributed by atoms with Gasteiger partial charge in [-0.1, -0.05) is 32.1 Å². The lowest BCUT2D eigenvalue weighted by Gasteiger charge is -2.29. The Balaban J connectivity index is 1.79. The highest BCUT2D eigenvalue weighted by atomic mass is 32.1. The van der Waals surface area contributed by atoms with Gasteiger partial charge >= 0.3 is 0 Å². The number of rotatable bonds is 1. The highest BCUT2D eigenvalue weighted by Gasteiger charge is 2.27. The van der Waals surface area contributed by atoms with Crippen molar-refractivity contribution in [2.45, 2.75) is 40.0 Å². The topological polar surface area (TPSA) is 42.2 Å². The van der Waals surface area contributed by atoms with Crippen molar-refractivity contribution >= 4 is 32.4 Å². The molecule has 21 heavy (non-hydrogen) atoms. The van der Waals surface area contributed by atoms with E-state index in [1.165, 1.54) is 24.0 Å². The van der Waals surface area contributed by atoms with Gasteiger partial charge in [-0.25, -0.2) is 4.98 Å². The molecule has 1 fully saturated rings. The molecule has 1 unspecified atom stereocenters. The zero-order valence-corrected chi connectivity index (χ0v) is 14.0. The Kier molecular flexibility index (Phi) is 3.82. The molecule has 4 heteroatoms. The molecule has 0 amide bonds. The van der Waals surface area contributed by atoms with Crippen LogP contribution >= 0.6 is 11.3 Å². The zero-order chi connectivity index (χ0) is 15.0. The van der Waals surface area contributed by atoms with Crippen LogP contribution < -0.4 is 10.6 Å². The third-order valence-corrected chi connectivity index (χ3v) is 5.70. The Morgan fingerprint density at radius 1 is 1.24 bits per heavy atom. The molecule has 3 rings (SSSR count). The van der Waals surface area contributed by atoms with Crippen LogP contribution in [0.1, 0.15) is 40.0 Å². The third kappa shape index (κ3) is 3.15. The van der Waals surface area contributed by atoms with Gasteiger partial charge < -0.3 is 10.6 Å². The van der Waals surface area contributed by atoms with Crippen molar-refractivity contribution in [1.82, 2.24) is 4.98 Å². The standard InChI is InChI=1S/C17H25N3S/c1-17(2,3)12-5-4-9-20(10-8-12)16-19-14-7-6-13(18)11-15(14)21-16/h6-7,11-12H,4-5,8-10,18H2,1-3H3. The molecule has 1 aliphatic heterocycles. The lowest BCUT2D eigenvalue weighted by atomic mass is 9.77. The first kappa shape index (κ1) is 14.6. The van der Waals surface area contributed by atoms with Crippen LogP contribution in [0, 0.1) is 11.3 Å². The van der Waals surface area contributed by atoms with E-state index in [0.717, 1.165) is 35.3 Å². The summed E-state index contributed by atoms with van der Waals surface area (Å²) in [6.45, 7) is 9.36. The first-order chi connectivity index (χ1) is 9.93. The second-order valence-electron chi connectivity index (χ2n) is 7.20. The van der Waals surface area contributed by atoms with Gasteiger partial charge in [-0.05, 0) is 48.8 Å². The van der Waals surface area contributed by atoms with E-state index in [0.29, 0.717) is 5.41 Å². The number of nitrogen functional groups attached to an aromatic ring is 1. The summed E-state index contributed by atoms with van der Waals surface area (Å²) in [5.74, 6) is 0.813. The maximum Gasteiger partial charge on any atom is 0.186 e. The molecular weight excluding hydrogens is 278 g/mol. The summed E-state index contributed by atoms with van der Waals surface area (Å²) >= 11 is 1.77. The second-order valence-corrected chi connectivity index (χ2v) is 8.21. The highest BCUT2D eigenvalue weighted by Crippen LogP contribution is 2.37. The Bertz CT molecular complexity index is 626. The minimum atomic E-state index is 0.415. The Labute approximate surface area is 131 Å². The minimum Gasteiger partial charge on any atom is -0.399 e. The molecule has 2 aromatic rings. The molecule has 0 bridgehead atoms. The molecule has 1 aromatic carbocycles. The minimum absolute atomic E-state index is 0.415. The van der Waals surface area contributed by atoms with E-state index in [-0.39, 0.29) is 0 Å². The summed E-state index contributed by atoms with van der Waals surface area (Å²) in [5, 5.41) is 1.16. The van der Waals surface area contributed by atoms with Crippen molar-refractivity contribution in [2.24, 2.45) is 11.3 Å². The van der Waals surface area contributed by atoms with Gasteiger partial charge in [-0.15, -0.1) is 0 Å². The van der Waals surface area contributed by atoms with Crippen LogP contribution in [0.15, 0.2) is 18.2 Å². The van der Waals surface area contributed by atoms with Gasteiger partial charge in [0.25, 0.3) is 0 Å². The number of anilines is 2. The van der Waals surface area contributed by atoms with E-state index in [9.17, 15) is 0 Å². The number of thiazole rings is 1. The zero-order valence-electron chi connectivity index (χ0n) is 13.2. The lowest BCUT2D eigenvalue weighted by Crippen LogP contribution is -2.25. The van der Waals surface area contributed by atoms with Crippen molar-refractivity contribution in [3.05, 3.63) is 18.2 Å². The van der Waals surface area contributed by atoms with Crippen molar-refractivity contribution in [3.8, 4) is 0 Å². The van der Waals surface area contributed by atoms with E-state index in [1.807, 2.05) is 18.2 Å². The number of nitrogens with two attached hydrogens (primary N) is 1. The Hall–Kier alpha value is -1.29. The van der Waals surface area contributed by atoms with Crippen molar-refractivity contribution in [1.29, 1.82) is 0 Å². The number of fused-ring (bicyclic) bond motifs is 1. The fourth-order valence-corrected chi connectivity index (χ4v) is 4.28. The first-order valence-electron chi connectivity index (χ1n) is 7.84. The molecule has 2 N–H and O–H groups in total. The lowest BCUT2D eigenvalue weighted by molar-refractivity contribution is 0.220. The summed E-state index contributed by atoms with van der Waals surface area (Å²) in [4.78, 5) is 7.26. The largest absolute Gasteiger partial charge is 0.399 e. The fourth-order valence-electron chi connectivity index (χ4n) is 3.22. The van der Waals surface area contributed by atoms with Gasteiger partial charge in [0.2, 0.25) is 0 Å². The summed E-state index contributed by atoms with van der Waals surface area (Å²) < 4.78 is 1.20. The number of hydrogen-bond donors (Lipinski definition) is 1. The molecule has 1 aromatic heterocycles. The van der Waals surface area contributed by atoms with E-state index >= 15 is 0 Å². The molecule has 114 valence electrons. The molecule has 3 nitrogen and oxygen atoms in total. The molecule has 0 spiro atoms. The van der Waals surface area contributed by atoms with Crippen LogP contribution in [0.4, 0.5) is 10.8 Å². The van der Waals surface area contributed by atoms with Gasteiger partial charge in [-0.3, -0.25) is 0 Å². The van der Waals surface area contributed by atoms with Crippen LogP contribution in [0.3, 0.4) is 0 Å². The van der Waals surface area contributed by atoms with E-state index < -0.39 is 0 Å². The van der Waals surface area contributed by atoms with Crippen LogP contribution in [-0.4, -0.2) is 18.1 Å². The van der Waals surface area contributed by atoms with Crippen LogP contribution in [0.5, 0.6) is 0 Å². The quantitative estimate of drug-likeness (QED) is 0.787.